The van der Waals surface area contributed by atoms with Crippen molar-refractivity contribution >= 4 is 23.2 Å². The van der Waals surface area contributed by atoms with Gasteiger partial charge in [-0.3, -0.25) is 9.59 Å². The lowest BCUT2D eigenvalue weighted by Crippen LogP contribution is -2.35. The zero-order valence-corrected chi connectivity index (χ0v) is 10.5. The molecule has 1 heterocycles. The first kappa shape index (κ1) is 13.7. The summed E-state index contributed by atoms with van der Waals surface area (Å²) in [5.41, 5.74) is 0. The summed E-state index contributed by atoms with van der Waals surface area (Å²) in [6.07, 6.45) is 0.0297. The van der Waals surface area contributed by atoms with Crippen LogP contribution in [0.15, 0.2) is 17.5 Å². The Balaban J connectivity index is 2.20. The summed E-state index contributed by atoms with van der Waals surface area (Å²) in [5, 5.41) is 13.2. The van der Waals surface area contributed by atoms with Crippen LogP contribution < -0.4 is 5.32 Å². The van der Waals surface area contributed by atoms with Crippen LogP contribution in [0.25, 0.3) is 0 Å². The first-order valence-corrected chi connectivity index (χ1v) is 6.16. The van der Waals surface area contributed by atoms with E-state index in [1.165, 1.54) is 0 Å². The monoisotopic (exact) mass is 256 g/mol. The van der Waals surface area contributed by atoms with Crippen LogP contribution in [0, 0.1) is 0 Å². The molecule has 0 unspecified atom stereocenters. The van der Waals surface area contributed by atoms with Crippen molar-refractivity contribution in [1.82, 2.24) is 10.2 Å². The van der Waals surface area contributed by atoms with Crippen LogP contribution >= 0.6 is 11.3 Å². The number of hydrogen-bond donors (Lipinski definition) is 2. The van der Waals surface area contributed by atoms with Crippen molar-refractivity contribution in [2.45, 2.75) is 13.0 Å². The Morgan fingerprint density at radius 1 is 1.53 bits per heavy atom. The van der Waals surface area contributed by atoms with Crippen molar-refractivity contribution < 1.29 is 14.7 Å². The average molecular weight is 256 g/mol. The first-order valence-electron chi connectivity index (χ1n) is 5.28. The van der Waals surface area contributed by atoms with Crippen molar-refractivity contribution in [2.75, 3.05) is 20.1 Å². The Morgan fingerprint density at radius 2 is 2.29 bits per heavy atom. The second-order valence-corrected chi connectivity index (χ2v) is 4.68. The van der Waals surface area contributed by atoms with Crippen molar-refractivity contribution in [3.05, 3.63) is 22.4 Å². The van der Waals surface area contributed by atoms with Gasteiger partial charge in [-0.1, -0.05) is 6.07 Å². The van der Waals surface area contributed by atoms with E-state index in [0.29, 0.717) is 13.1 Å². The van der Waals surface area contributed by atoms with E-state index in [9.17, 15) is 9.59 Å². The molecule has 0 aliphatic heterocycles. The van der Waals surface area contributed by atoms with Crippen molar-refractivity contribution in [2.24, 2.45) is 0 Å². The topological polar surface area (TPSA) is 69.6 Å². The molecule has 0 saturated heterocycles. The second-order valence-electron chi connectivity index (χ2n) is 3.65. The van der Waals surface area contributed by atoms with Gasteiger partial charge in [0.2, 0.25) is 5.91 Å². The van der Waals surface area contributed by atoms with Gasteiger partial charge in [-0.05, 0) is 11.4 Å². The first-order chi connectivity index (χ1) is 8.09. The lowest BCUT2D eigenvalue weighted by Gasteiger charge is -2.16. The number of aliphatic carboxylic acids is 1. The van der Waals surface area contributed by atoms with E-state index in [1.54, 1.807) is 23.3 Å². The molecule has 1 amide bonds. The maximum Gasteiger partial charge on any atom is 0.304 e. The summed E-state index contributed by atoms with van der Waals surface area (Å²) in [6, 6.07) is 3.93. The molecule has 0 fully saturated rings. The number of carbonyl (C=O) groups excluding carboxylic acids is 1. The molecule has 2 N–H and O–H groups in total. The molecule has 0 spiro atoms. The van der Waals surface area contributed by atoms with Crippen molar-refractivity contribution in [1.29, 1.82) is 0 Å². The molecular formula is C11H16N2O3S. The van der Waals surface area contributed by atoms with Gasteiger partial charge in [0.25, 0.3) is 0 Å². The van der Waals surface area contributed by atoms with E-state index in [1.807, 2.05) is 17.5 Å². The largest absolute Gasteiger partial charge is 0.481 e. The molecule has 1 aromatic rings. The summed E-state index contributed by atoms with van der Waals surface area (Å²) in [6.45, 7) is 1.08. The summed E-state index contributed by atoms with van der Waals surface area (Å²) in [7, 11) is 1.74. The van der Waals surface area contributed by atoms with Crippen LogP contribution in [0.5, 0.6) is 0 Å². The van der Waals surface area contributed by atoms with Gasteiger partial charge in [-0.2, -0.15) is 0 Å². The molecule has 0 atom stereocenters. The van der Waals surface area contributed by atoms with Crippen molar-refractivity contribution in [3.63, 3.8) is 0 Å². The molecule has 5 nitrogen and oxygen atoms in total. The van der Waals surface area contributed by atoms with Gasteiger partial charge in [0, 0.05) is 18.5 Å². The molecule has 0 bridgehead atoms. The molecule has 1 rings (SSSR count). The summed E-state index contributed by atoms with van der Waals surface area (Å²) >= 11 is 1.61. The Bertz CT molecular complexity index is 365. The van der Waals surface area contributed by atoms with Gasteiger partial charge in [0.1, 0.15) is 0 Å². The number of nitrogens with one attached hydrogen (secondary N) is 1. The van der Waals surface area contributed by atoms with Crippen LogP contribution in [-0.2, 0) is 16.1 Å². The Kier molecular flexibility index (Phi) is 5.65. The number of hydrogen-bond acceptors (Lipinski definition) is 4. The van der Waals surface area contributed by atoms with Crippen LogP contribution in [-0.4, -0.2) is 42.0 Å². The Morgan fingerprint density at radius 3 is 2.88 bits per heavy atom. The van der Waals surface area contributed by atoms with E-state index in [-0.39, 0.29) is 18.9 Å². The summed E-state index contributed by atoms with van der Waals surface area (Å²) < 4.78 is 0. The highest BCUT2D eigenvalue weighted by atomic mass is 32.1. The standard InChI is InChI=1S/C11H16N2O3S/c1-13(8-9-3-2-6-17-9)10(14)7-12-5-4-11(15)16/h2-3,6,12H,4-5,7-8H2,1H3,(H,15,16). The second kappa shape index (κ2) is 7.03. The molecule has 0 aliphatic carbocycles. The highest BCUT2D eigenvalue weighted by molar-refractivity contribution is 7.09. The number of amides is 1. The van der Waals surface area contributed by atoms with Crippen LogP contribution in [0.3, 0.4) is 0 Å². The molecule has 1 aromatic heterocycles. The van der Waals surface area contributed by atoms with Gasteiger partial charge < -0.3 is 15.3 Å². The number of carbonyl (C=O) groups is 2. The quantitative estimate of drug-likeness (QED) is 0.707. The minimum Gasteiger partial charge on any atom is -0.481 e. The zero-order chi connectivity index (χ0) is 12.7. The number of thiophene rings is 1. The Hall–Kier alpha value is -1.40. The van der Waals surface area contributed by atoms with E-state index in [2.05, 4.69) is 5.32 Å². The minimum absolute atomic E-state index is 0.0297. The third-order valence-electron chi connectivity index (χ3n) is 2.19. The predicted molar refractivity (Wildman–Crippen MR) is 65.9 cm³/mol. The lowest BCUT2D eigenvalue weighted by molar-refractivity contribution is -0.137. The SMILES string of the molecule is CN(Cc1cccs1)C(=O)CNCCC(=O)O. The van der Waals surface area contributed by atoms with Crippen molar-refractivity contribution in [3.8, 4) is 0 Å². The minimum atomic E-state index is -0.864. The van der Waals surface area contributed by atoms with E-state index < -0.39 is 5.97 Å². The number of carboxylic acids is 1. The van der Waals surface area contributed by atoms with Gasteiger partial charge in [-0.25, -0.2) is 0 Å². The fraction of sp³-hybridized carbons (Fsp3) is 0.455. The van der Waals surface area contributed by atoms with E-state index >= 15 is 0 Å². The Labute approximate surface area is 104 Å². The maximum atomic E-state index is 11.6. The fourth-order valence-corrected chi connectivity index (χ4v) is 2.01. The highest BCUT2D eigenvalue weighted by Crippen LogP contribution is 2.10. The zero-order valence-electron chi connectivity index (χ0n) is 9.68. The molecule has 0 saturated carbocycles. The van der Waals surface area contributed by atoms with Crippen LogP contribution in [0.4, 0.5) is 0 Å². The molecule has 0 radical (unpaired) electrons. The van der Waals surface area contributed by atoms with Gasteiger partial charge in [0.15, 0.2) is 0 Å². The van der Waals surface area contributed by atoms with Gasteiger partial charge in [0.05, 0.1) is 19.5 Å². The van der Waals surface area contributed by atoms with E-state index in [4.69, 9.17) is 5.11 Å². The molecule has 0 aliphatic rings. The number of nitrogens with zero attached hydrogens (tertiary/aromatic N) is 1. The number of rotatable bonds is 7. The molecule has 94 valence electrons. The molecular weight excluding hydrogens is 240 g/mol. The van der Waals surface area contributed by atoms with Crippen LogP contribution in [0.1, 0.15) is 11.3 Å². The smallest absolute Gasteiger partial charge is 0.304 e. The van der Waals surface area contributed by atoms with E-state index in [0.717, 1.165) is 4.88 Å². The number of likely N-dealkylation sites (N-methyl/N-ethyl adjacent to an activating group) is 1. The molecule has 0 aromatic carbocycles. The molecule has 6 heteroatoms. The fourth-order valence-electron chi connectivity index (χ4n) is 1.25. The third kappa shape index (κ3) is 5.46. The third-order valence-corrected chi connectivity index (χ3v) is 3.05. The summed E-state index contributed by atoms with van der Waals surface area (Å²) in [5.74, 6) is -0.902. The van der Waals surface area contributed by atoms with Gasteiger partial charge in [-0.15, -0.1) is 11.3 Å². The summed E-state index contributed by atoms with van der Waals surface area (Å²) in [4.78, 5) is 24.6. The van der Waals surface area contributed by atoms with Crippen LogP contribution in [0.2, 0.25) is 0 Å². The maximum absolute atomic E-state index is 11.6. The average Bonchev–Trinajstić information content (AvgIpc) is 2.76. The lowest BCUT2D eigenvalue weighted by atomic mass is 10.4. The molecule has 17 heavy (non-hydrogen) atoms. The highest BCUT2D eigenvalue weighted by Gasteiger charge is 2.09. The predicted octanol–water partition coefficient (Wildman–Crippen LogP) is 0.771. The van der Waals surface area contributed by atoms with Gasteiger partial charge >= 0.3 is 5.97 Å². The normalized spacial score (nSPS) is 10.2. The number of carboxylic acid groups (broad SMARTS) is 1.